The van der Waals surface area contributed by atoms with Crippen molar-refractivity contribution in [1.82, 2.24) is 10.6 Å². The van der Waals surface area contributed by atoms with Crippen LogP contribution < -0.4 is 10.6 Å². The molecule has 0 aromatic rings. The molecule has 0 radical (unpaired) electrons. The van der Waals surface area contributed by atoms with Crippen molar-refractivity contribution in [3.63, 3.8) is 0 Å². The molecule has 98 valence electrons. The van der Waals surface area contributed by atoms with Gasteiger partial charge >= 0.3 is 18.0 Å². The van der Waals surface area contributed by atoms with Crippen molar-refractivity contribution in [2.24, 2.45) is 0 Å². The van der Waals surface area contributed by atoms with Gasteiger partial charge in [0.2, 0.25) is 0 Å². The lowest BCUT2D eigenvalue weighted by molar-refractivity contribution is -0.145. The fraction of sp³-hybridized carbons (Fsp3) is 0.700. The van der Waals surface area contributed by atoms with Crippen molar-refractivity contribution in [3.8, 4) is 0 Å². The minimum absolute atomic E-state index is 0.0840. The molecule has 0 saturated heterocycles. The Kier molecular flexibility index (Phi) is 6.69. The van der Waals surface area contributed by atoms with Gasteiger partial charge in [-0.05, 0) is 13.3 Å². The van der Waals surface area contributed by atoms with Crippen molar-refractivity contribution in [2.45, 2.75) is 45.2 Å². The highest BCUT2D eigenvalue weighted by Crippen LogP contribution is 1.96. The van der Waals surface area contributed by atoms with E-state index < -0.39 is 30.4 Å². The van der Waals surface area contributed by atoms with Crippen LogP contribution in [-0.4, -0.2) is 40.3 Å². The Morgan fingerprint density at radius 2 is 1.76 bits per heavy atom. The van der Waals surface area contributed by atoms with Crippen molar-refractivity contribution in [1.29, 1.82) is 0 Å². The van der Waals surface area contributed by atoms with Crippen molar-refractivity contribution >= 4 is 18.0 Å². The number of aliphatic carboxylic acids is 2. The molecule has 0 aromatic carbocycles. The Labute approximate surface area is 99.2 Å². The average Bonchev–Trinajstić information content (AvgIpc) is 2.15. The SMILES string of the molecule is CCCC(C)NC(=O)NC(CC(=O)O)C(=O)O. The number of hydrogen-bond donors (Lipinski definition) is 4. The molecule has 7 heteroatoms. The van der Waals surface area contributed by atoms with E-state index in [0.717, 1.165) is 12.8 Å². The summed E-state index contributed by atoms with van der Waals surface area (Å²) in [4.78, 5) is 32.4. The van der Waals surface area contributed by atoms with Crippen LogP contribution in [0, 0.1) is 0 Å². The number of carboxylic acid groups (broad SMARTS) is 2. The number of hydrogen-bond acceptors (Lipinski definition) is 3. The van der Waals surface area contributed by atoms with E-state index in [4.69, 9.17) is 10.2 Å². The van der Waals surface area contributed by atoms with E-state index in [1.807, 2.05) is 6.92 Å². The van der Waals surface area contributed by atoms with Crippen LogP contribution in [0.2, 0.25) is 0 Å². The van der Waals surface area contributed by atoms with Gasteiger partial charge in [0.15, 0.2) is 0 Å². The third kappa shape index (κ3) is 7.15. The fourth-order valence-corrected chi connectivity index (χ4v) is 1.30. The van der Waals surface area contributed by atoms with Crippen LogP contribution in [0.1, 0.15) is 33.1 Å². The molecule has 2 atom stereocenters. The number of urea groups is 1. The Hall–Kier alpha value is -1.79. The van der Waals surface area contributed by atoms with Crippen LogP contribution in [0.3, 0.4) is 0 Å². The third-order valence-corrected chi connectivity index (χ3v) is 2.08. The van der Waals surface area contributed by atoms with Crippen molar-refractivity contribution < 1.29 is 24.6 Å². The largest absolute Gasteiger partial charge is 0.481 e. The summed E-state index contributed by atoms with van der Waals surface area (Å²) >= 11 is 0. The Morgan fingerprint density at radius 1 is 1.18 bits per heavy atom. The van der Waals surface area contributed by atoms with Crippen molar-refractivity contribution in [3.05, 3.63) is 0 Å². The molecular formula is C10H18N2O5. The van der Waals surface area contributed by atoms with Gasteiger partial charge in [-0.1, -0.05) is 13.3 Å². The van der Waals surface area contributed by atoms with Gasteiger partial charge < -0.3 is 20.8 Å². The second-order valence-corrected chi connectivity index (χ2v) is 3.80. The number of rotatable bonds is 7. The second-order valence-electron chi connectivity index (χ2n) is 3.80. The van der Waals surface area contributed by atoms with Gasteiger partial charge in [0, 0.05) is 6.04 Å². The summed E-state index contributed by atoms with van der Waals surface area (Å²) in [6.45, 7) is 3.75. The summed E-state index contributed by atoms with van der Waals surface area (Å²) in [6, 6.07) is -2.17. The first-order valence-electron chi connectivity index (χ1n) is 5.38. The van der Waals surface area contributed by atoms with Crippen LogP contribution in [0.15, 0.2) is 0 Å². The van der Waals surface area contributed by atoms with Gasteiger partial charge in [-0.15, -0.1) is 0 Å². The molecule has 0 bridgehead atoms. The highest BCUT2D eigenvalue weighted by atomic mass is 16.4. The Balaban J connectivity index is 4.21. The van der Waals surface area contributed by atoms with Gasteiger partial charge in [0.25, 0.3) is 0 Å². The number of amides is 2. The highest BCUT2D eigenvalue weighted by Gasteiger charge is 2.23. The van der Waals surface area contributed by atoms with Crippen molar-refractivity contribution in [2.75, 3.05) is 0 Å². The maximum atomic E-state index is 11.3. The monoisotopic (exact) mass is 246 g/mol. The smallest absolute Gasteiger partial charge is 0.326 e. The van der Waals surface area contributed by atoms with Crippen LogP contribution in [-0.2, 0) is 9.59 Å². The summed E-state index contributed by atoms with van der Waals surface area (Å²) in [7, 11) is 0. The number of carboxylic acids is 2. The molecule has 4 N–H and O–H groups in total. The van der Waals surface area contributed by atoms with E-state index >= 15 is 0 Å². The normalized spacial score (nSPS) is 13.5. The molecular weight excluding hydrogens is 228 g/mol. The fourth-order valence-electron chi connectivity index (χ4n) is 1.30. The summed E-state index contributed by atoms with van der Waals surface area (Å²) < 4.78 is 0. The molecule has 2 amide bonds. The number of carbonyl (C=O) groups is 3. The first-order valence-corrected chi connectivity index (χ1v) is 5.38. The molecule has 17 heavy (non-hydrogen) atoms. The lowest BCUT2D eigenvalue weighted by Gasteiger charge is -2.16. The molecule has 7 nitrogen and oxygen atoms in total. The van der Waals surface area contributed by atoms with Gasteiger partial charge in [0.05, 0.1) is 6.42 Å². The molecule has 0 aliphatic rings. The standard InChI is InChI=1S/C10H18N2O5/c1-3-4-6(2)11-10(17)12-7(9(15)16)5-8(13)14/h6-7H,3-5H2,1-2H3,(H,13,14)(H,15,16)(H2,11,12,17). The molecule has 0 spiro atoms. The van der Waals surface area contributed by atoms with Crippen LogP contribution in [0.25, 0.3) is 0 Å². The third-order valence-electron chi connectivity index (χ3n) is 2.08. The second kappa shape index (κ2) is 7.48. The maximum Gasteiger partial charge on any atom is 0.326 e. The predicted octanol–water partition coefficient (Wildman–Crippen LogP) is 0.402. The summed E-state index contributed by atoms with van der Waals surface area (Å²) in [5.74, 6) is -2.65. The molecule has 0 aliphatic heterocycles. The van der Waals surface area contributed by atoms with Gasteiger partial charge in [-0.3, -0.25) is 4.79 Å². The molecule has 0 heterocycles. The average molecular weight is 246 g/mol. The van der Waals surface area contributed by atoms with E-state index in [9.17, 15) is 14.4 Å². The first kappa shape index (κ1) is 15.2. The molecule has 0 fully saturated rings. The van der Waals surface area contributed by atoms with Crippen LogP contribution >= 0.6 is 0 Å². The topological polar surface area (TPSA) is 116 Å². The number of carbonyl (C=O) groups excluding carboxylic acids is 1. The molecule has 0 aromatic heterocycles. The lowest BCUT2D eigenvalue weighted by Crippen LogP contribution is -2.49. The summed E-state index contributed by atoms with van der Waals surface area (Å²) in [5.41, 5.74) is 0. The minimum Gasteiger partial charge on any atom is -0.481 e. The lowest BCUT2D eigenvalue weighted by atomic mass is 10.2. The molecule has 2 unspecified atom stereocenters. The van der Waals surface area contributed by atoms with Gasteiger partial charge in [0.1, 0.15) is 6.04 Å². The Bertz CT molecular complexity index is 292. The quantitative estimate of drug-likeness (QED) is 0.519. The Morgan fingerprint density at radius 3 is 2.18 bits per heavy atom. The minimum atomic E-state index is -1.42. The van der Waals surface area contributed by atoms with Gasteiger partial charge in [-0.25, -0.2) is 9.59 Å². The highest BCUT2D eigenvalue weighted by molar-refractivity contribution is 5.86. The number of nitrogens with one attached hydrogen (secondary N) is 2. The summed E-state index contributed by atoms with van der Waals surface area (Å²) in [5, 5.41) is 21.8. The van der Waals surface area contributed by atoms with E-state index in [-0.39, 0.29) is 6.04 Å². The zero-order valence-electron chi connectivity index (χ0n) is 9.90. The van der Waals surface area contributed by atoms with Crippen LogP contribution in [0.5, 0.6) is 0 Å². The molecule has 0 saturated carbocycles. The van der Waals surface area contributed by atoms with E-state index in [2.05, 4.69) is 10.6 Å². The molecule has 0 rings (SSSR count). The summed E-state index contributed by atoms with van der Waals surface area (Å²) in [6.07, 6.45) is 1.01. The molecule has 0 aliphatic carbocycles. The zero-order chi connectivity index (χ0) is 13.4. The zero-order valence-corrected chi connectivity index (χ0v) is 9.90. The first-order chi connectivity index (χ1) is 7.86. The van der Waals surface area contributed by atoms with E-state index in [0.29, 0.717) is 0 Å². The van der Waals surface area contributed by atoms with Gasteiger partial charge in [-0.2, -0.15) is 0 Å². The van der Waals surface area contributed by atoms with E-state index in [1.54, 1.807) is 6.92 Å². The predicted molar refractivity (Wildman–Crippen MR) is 59.7 cm³/mol. The maximum absolute atomic E-state index is 11.3. The van der Waals surface area contributed by atoms with E-state index in [1.165, 1.54) is 0 Å². The van der Waals surface area contributed by atoms with Crippen LogP contribution in [0.4, 0.5) is 4.79 Å².